The molecule has 0 N–H and O–H groups in total. The summed E-state index contributed by atoms with van der Waals surface area (Å²) < 4.78 is 0. The van der Waals surface area contributed by atoms with E-state index in [9.17, 15) is 0 Å². The number of hydrogen-bond donors (Lipinski definition) is 0. The van der Waals surface area contributed by atoms with Crippen LogP contribution in [0.25, 0.3) is 71.3 Å². The number of benzene rings is 11. The highest BCUT2D eigenvalue weighted by atomic mass is 15.2. The Morgan fingerprint density at radius 2 is 0.795 bits per heavy atom. The van der Waals surface area contributed by atoms with Crippen LogP contribution in [0.5, 0.6) is 0 Å². The summed E-state index contributed by atoms with van der Waals surface area (Å²) in [5, 5.41) is 7.16. The highest BCUT2D eigenvalue weighted by molar-refractivity contribution is 6.24. The number of nitrogens with zero attached hydrogens (tertiary/aromatic N) is 2. The Bertz CT molecular complexity index is 3890. The lowest BCUT2D eigenvalue weighted by Gasteiger charge is -2.31. The van der Waals surface area contributed by atoms with E-state index in [1.165, 1.54) is 93.5 Å². The Balaban J connectivity index is 1.13. The first-order chi connectivity index (χ1) is 35.8. The van der Waals surface area contributed by atoms with Gasteiger partial charge in [-0.3, -0.25) is 0 Å². The molecule has 11 aromatic rings. The minimum Gasteiger partial charge on any atom is -0.310 e. The number of fused-ring (bicyclic) bond motifs is 5. The quantitative estimate of drug-likeness (QED) is 0.0839. The molecular weight excluding hydrogens is 881 g/mol. The number of anilines is 6. The zero-order valence-electron chi connectivity index (χ0n) is 42.5. The second kappa shape index (κ2) is 20.2. The molecule has 0 saturated carbocycles. The molecule has 0 heterocycles. The van der Waals surface area contributed by atoms with Gasteiger partial charge < -0.3 is 9.80 Å². The van der Waals surface area contributed by atoms with E-state index in [-0.39, 0.29) is 0 Å². The van der Waals surface area contributed by atoms with Crippen LogP contribution in [0.4, 0.5) is 34.1 Å². The first kappa shape index (κ1) is 46.7. The summed E-state index contributed by atoms with van der Waals surface area (Å²) in [6.45, 7) is 15.2. The predicted octanol–water partition coefficient (Wildman–Crippen LogP) is 20.7. The van der Waals surface area contributed by atoms with E-state index >= 15 is 0 Å². The normalized spacial score (nSPS) is 11.6. The number of unbranched alkanes of at least 4 members (excludes halogenated alkanes) is 1. The Morgan fingerprint density at radius 3 is 1.29 bits per heavy atom. The SMILES string of the molecule is C=C/C(=C\CCC)c1cccc(-c2cccc(N(c3ccc(C)cc3C)c3cc4c5ccccc5c(N(c5cccc(-c6cccc(-c7ccccc7)c6)c5)c5ccc(C)cc5C)cc4c4ccccc34)c2)c1. The smallest absolute Gasteiger partial charge is 0.0546 e. The Morgan fingerprint density at radius 1 is 0.370 bits per heavy atom. The monoisotopic (exact) mass is 940 g/mol. The summed E-state index contributed by atoms with van der Waals surface area (Å²) in [4.78, 5) is 4.98. The average molecular weight is 941 g/mol. The molecule has 0 amide bonds. The Labute approximate surface area is 431 Å². The van der Waals surface area contributed by atoms with E-state index in [1.54, 1.807) is 0 Å². The van der Waals surface area contributed by atoms with Crippen molar-refractivity contribution < 1.29 is 0 Å². The van der Waals surface area contributed by atoms with Crippen LogP contribution < -0.4 is 9.80 Å². The van der Waals surface area contributed by atoms with Crippen LogP contribution >= 0.6 is 0 Å². The molecule has 0 saturated heterocycles. The standard InChI is InChI=1S/C71H60N2/c1-7-9-21-52(8-2)54-24-17-26-56(42-54)58-28-19-30-60(44-58)72(68-38-36-48(3)40-50(68)5)70-46-66-63-33-14-16-35-65(63)71(47-67(66)62-32-13-15-34-64(62)70)73(69-39-37-49(4)41-51(69)6)61-31-20-29-59(45-61)57-27-18-25-55(43-57)53-22-11-10-12-23-53/h8,10-47H,2,7,9H2,1,3-6H3/b52-21+. The van der Waals surface area contributed by atoms with Crippen molar-refractivity contribution in [3.63, 3.8) is 0 Å². The lowest BCUT2D eigenvalue weighted by atomic mass is 9.92. The Kier molecular flexibility index (Phi) is 12.9. The molecule has 11 rings (SSSR count). The van der Waals surface area contributed by atoms with E-state index in [4.69, 9.17) is 0 Å². The van der Waals surface area contributed by atoms with Crippen LogP contribution in [-0.2, 0) is 0 Å². The number of hydrogen-bond acceptors (Lipinski definition) is 2. The molecule has 0 spiro atoms. The van der Waals surface area contributed by atoms with Crippen LogP contribution in [0.15, 0.2) is 243 Å². The van der Waals surface area contributed by atoms with Gasteiger partial charge in [-0.1, -0.05) is 207 Å². The summed E-state index contributed by atoms with van der Waals surface area (Å²) >= 11 is 0. The van der Waals surface area contributed by atoms with Crippen molar-refractivity contribution in [2.24, 2.45) is 0 Å². The van der Waals surface area contributed by atoms with E-state index in [0.717, 1.165) is 52.5 Å². The molecule has 0 aliphatic rings. The van der Waals surface area contributed by atoms with E-state index < -0.39 is 0 Å². The van der Waals surface area contributed by atoms with Gasteiger partial charge in [0, 0.05) is 33.5 Å². The van der Waals surface area contributed by atoms with Crippen molar-refractivity contribution in [3.8, 4) is 33.4 Å². The first-order valence-electron chi connectivity index (χ1n) is 25.7. The van der Waals surface area contributed by atoms with Gasteiger partial charge in [0.1, 0.15) is 0 Å². The zero-order chi connectivity index (χ0) is 50.0. The van der Waals surface area contributed by atoms with Crippen molar-refractivity contribution >= 4 is 72.0 Å². The maximum absolute atomic E-state index is 4.17. The summed E-state index contributed by atoms with van der Waals surface area (Å²) in [5.74, 6) is 0. The second-order valence-corrected chi connectivity index (χ2v) is 19.5. The van der Waals surface area contributed by atoms with E-state index in [0.29, 0.717) is 0 Å². The summed E-state index contributed by atoms with van der Waals surface area (Å²) in [7, 11) is 0. The molecule has 0 aromatic heterocycles. The highest BCUT2D eigenvalue weighted by Crippen LogP contribution is 2.49. The average Bonchev–Trinajstić information content (AvgIpc) is 3.43. The fourth-order valence-electron chi connectivity index (χ4n) is 10.9. The molecule has 11 aromatic carbocycles. The first-order valence-corrected chi connectivity index (χ1v) is 25.7. The van der Waals surface area contributed by atoms with Gasteiger partial charge in [-0.2, -0.15) is 0 Å². The van der Waals surface area contributed by atoms with Gasteiger partial charge in [0.2, 0.25) is 0 Å². The van der Waals surface area contributed by atoms with Crippen LogP contribution in [0, 0.1) is 27.7 Å². The molecule has 354 valence electrons. The van der Waals surface area contributed by atoms with Gasteiger partial charge in [0.25, 0.3) is 0 Å². The summed E-state index contributed by atoms with van der Waals surface area (Å²) in [6.07, 6.45) is 6.40. The molecule has 0 aliphatic heterocycles. The molecule has 0 atom stereocenters. The zero-order valence-corrected chi connectivity index (χ0v) is 42.5. The van der Waals surface area contributed by atoms with Crippen LogP contribution in [0.2, 0.25) is 0 Å². The molecule has 0 radical (unpaired) electrons. The van der Waals surface area contributed by atoms with E-state index in [1.807, 2.05) is 6.08 Å². The van der Waals surface area contributed by atoms with Crippen LogP contribution in [0.1, 0.15) is 47.6 Å². The molecule has 0 unspecified atom stereocenters. The minimum atomic E-state index is 1.02. The maximum Gasteiger partial charge on any atom is 0.0546 e. The number of aryl methyl sites for hydroxylation is 4. The number of rotatable bonds is 13. The topological polar surface area (TPSA) is 6.48 Å². The predicted molar refractivity (Wildman–Crippen MR) is 317 cm³/mol. The molecule has 0 aliphatic carbocycles. The fraction of sp³-hybridized carbons (Fsp3) is 0.0986. The minimum absolute atomic E-state index is 1.02. The van der Waals surface area contributed by atoms with Crippen molar-refractivity contribution in [3.05, 3.63) is 271 Å². The molecule has 2 heteroatoms. The molecule has 0 fully saturated rings. The third-order valence-corrected chi connectivity index (χ3v) is 14.4. The van der Waals surface area contributed by atoms with Gasteiger partial charge in [0.05, 0.1) is 11.4 Å². The molecule has 73 heavy (non-hydrogen) atoms. The number of allylic oxidation sites excluding steroid dienone is 3. The third kappa shape index (κ3) is 9.14. The van der Waals surface area contributed by atoms with Crippen molar-refractivity contribution in [2.75, 3.05) is 9.80 Å². The second-order valence-electron chi connectivity index (χ2n) is 19.5. The van der Waals surface area contributed by atoms with Gasteiger partial charge in [-0.25, -0.2) is 0 Å². The van der Waals surface area contributed by atoms with Gasteiger partial charge >= 0.3 is 0 Å². The van der Waals surface area contributed by atoms with Crippen molar-refractivity contribution in [1.82, 2.24) is 0 Å². The molecular formula is C71H60N2. The van der Waals surface area contributed by atoms with Crippen molar-refractivity contribution in [2.45, 2.75) is 47.5 Å². The van der Waals surface area contributed by atoms with E-state index in [2.05, 4.69) is 282 Å². The van der Waals surface area contributed by atoms with Crippen LogP contribution in [-0.4, -0.2) is 0 Å². The molecule has 2 nitrogen and oxygen atoms in total. The van der Waals surface area contributed by atoms with Gasteiger partial charge in [0.15, 0.2) is 0 Å². The lowest BCUT2D eigenvalue weighted by Crippen LogP contribution is -2.13. The third-order valence-electron chi connectivity index (χ3n) is 14.4. The summed E-state index contributed by atoms with van der Waals surface area (Å²) in [5.41, 5.74) is 21.1. The maximum atomic E-state index is 4.17. The van der Waals surface area contributed by atoms with Gasteiger partial charge in [-0.05, 0) is 172 Å². The van der Waals surface area contributed by atoms with Crippen LogP contribution in [0.3, 0.4) is 0 Å². The Hall–Kier alpha value is -8.72. The summed E-state index contributed by atoms with van der Waals surface area (Å²) in [6, 6.07) is 83.1. The largest absolute Gasteiger partial charge is 0.310 e. The van der Waals surface area contributed by atoms with Gasteiger partial charge in [-0.15, -0.1) is 0 Å². The van der Waals surface area contributed by atoms with Crippen molar-refractivity contribution in [1.29, 1.82) is 0 Å². The molecule has 0 bridgehead atoms. The fourth-order valence-corrected chi connectivity index (χ4v) is 10.9. The lowest BCUT2D eigenvalue weighted by molar-refractivity contribution is 0.960. The highest BCUT2D eigenvalue weighted by Gasteiger charge is 2.24.